The van der Waals surface area contributed by atoms with Gasteiger partial charge < -0.3 is 4.74 Å². The molecule has 0 aliphatic carbocycles. The lowest BCUT2D eigenvalue weighted by Gasteiger charge is -2.25. The highest BCUT2D eigenvalue weighted by Gasteiger charge is 2.21. The molecule has 4 nitrogen and oxygen atoms in total. The Morgan fingerprint density at radius 2 is 2.29 bits per heavy atom. The third-order valence-corrected chi connectivity index (χ3v) is 2.69. The molecule has 0 saturated carbocycles. The minimum absolute atomic E-state index is 0.0919. The Labute approximate surface area is 84.7 Å². The number of nitrogens with one attached hydrogen (secondary N) is 1. The first kappa shape index (κ1) is 9.64. The summed E-state index contributed by atoms with van der Waals surface area (Å²) in [5.41, 5.74) is 0.946. The van der Waals surface area contributed by atoms with Gasteiger partial charge >= 0.3 is 0 Å². The first-order valence-electron chi connectivity index (χ1n) is 4.36. The second-order valence-corrected chi connectivity index (χ2v) is 3.83. The van der Waals surface area contributed by atoms with Crippen LogP contribution in [-0.4, -0.2) is 15.4 Å². The quantitative estimate of drug-likeness (QED) is 0.726. The highest BCUT2D eigenvalue weighted by atomic mass is 32.2. The highest BCUT2D eigenvalue weighted by molar-refractivity contribution is 7.77. The van der Waals surface area contributed by atoms with Gasteiger partial charge in [0.05, 0.1) is 12.6 Å². The Kier molecular flexibility index (Phi) is 2.81. The van der Waals surface area contributed by atoms with Gasteiger partial charge in [0, 0.05) is 12.0 Å². The lowest BCUT2D eigenvalue weighted by atomic mass is 10.0. The zero-order valence-corrected chi connectivity index (χ0v) is 8.29. The van der Waals surface area contributed by atoms with Crippen LogP contribution in [0, 0.1) is 0 Å². The predicted molar refractivity (Wildman–Crippen MR) is 53.2 cm³/mol. The molecule has 0 radical (unpaired) electrons. The summed E-state index contributed by atoms with van der Waals surface area (Å²) in [4.78, 5) is 0. The monoisotopic (exact) mass is 213 g/mol. The molecular weight excluding hydrogens is 202 g/mol. The van der Waals surface area contributed by atoms with Crippen molar-refractivity contribution in [3.63, 3.8) is 0 Å². The van der Waals surface area contributed by atoms with E-state index in [0.717, 1.165) is 11.3 Å². The summed E-state index contributed by atoms with van der Waals surface area (Å²) in [6.45, 7) is 0.575. The molecular formula is C9H11NO3S. The minimum atomic E-state index is -1.98. The number of para-hydroxylation sites is 1. The SMILES string of the molecule is O=S(O)NC1CCOc2ccccc21. The van der Waals surface area contributed by atoms with Gasteiger partial charge in [-0.2, -0.15) is 0 Å². The predicted octanol–water partition coefficient (Wildman–Crippen LogP) is 1.24. The molecule has 1 heterocycles. The fraction of sp³-hybridized carbons (Fsp3) is 0.333. The molecule has 2 atom stereocenters. The largest absolute Gasteiger partial charge is 0.493 e. The lowest BCUT2D eigenvalue weighted by molar-refractivity contribution is 0.262. The van der Waals surface area contributed by atoms with E-state index in [9.17, 15) is 4.21 Å². The van der Waals surface area contributed by atoms with Crippen LogP contribution in [0.25, 0.3) is 0 Å². The summed E-state index contributed by atoms with van der Waals surface area (Å²) < 4.78 is 27.4. The van der Waals surface area contributed by atoms with Crippen molar-refractivity contribution in [3.05, 3.63) is 29.8 Å². The van der Waals surface area contributed by atoms with Crippen LogP contribution in [-0.2, 0) is 11.3 Å². The fourth-order valence-corrected chi connectivity index (χ4v) is 2.07. The third-order valence-electron chi connectivity index (χ3n) is 2.20. The fourth-order valence-electron chi connectivity index (χ4n) is 1.59. The van der Waals surface area contributed by atoms with E-state index in [1.54, 1.807) is 0 Å². The Hall–Kier alpha value is -0.910. The maximum Gasteiger partial charge on any atom is 0.232 e. The topological polar surface area (TPSA) is 58.6 Å². The lowest BCUT2D eigenvalue weighted by Crippen LogP contribution is -2.28. The summed E-state index contributed by atoms with van der Waals surface area (Å²) in [5.74, 6) is 0.793. The first-order valence-corrected chi connectivity index (χ1v) is 5.47. The Morgan fingerprint density at radius 3 is 3.07 bits per heavy atom. The van der Waals surface area contributed by atoms with Gasteiger partial charge in [-0.05, 0) is 6.07 Å². The average molecular weight is 213 g/mol. The first-order chi connectivity index (χ1) is 6.77. The van der Waals surface area contributed by atoms with Crippen molar-refractivity contribution in [2.45, 2.75) is 12.5 Å². The summed E-state index contributed by atoms with van der Waals surface area (Å²) in [6, 6.07) is 7.45. The summed E-state index contributed by atoms with van der Waals surface area (Å²) in [7, 11) is 0. The van der Waals surface area contributed by atoms with Gasteiger partial charge in [-0.15, -0.1) is 0 Å². The van der Waals surface area contributed by atoms with Crippen molar-refractivity contribution >= 4 is 11.3 Å². The number of fused-ring (bicyclic) bond motifs is 1. The van der Waals surface area contributed by atoms with Crippen molar-refractivity contribution in [3.8, 4) is 5.75 Å². The Balaban J connectivity index is 2.26. The molecule has 0 bridgehead atoms. The van der Waals surface area contributed by atoms with Crippen molar-refractivity contribution in [2.75, 3.05) is 6.61 Å². The zero-order chi connectivity index (χ0) is 9.97. The van der Waals surface area contributed by atoms with Crippen molar-refractivity contribution < 1.29 is 13.5 Å². The van der Waals surface area contributed by atoms with Crippen molar-refractivity contribution in [1.29, 1.82) is 0 Å². The maximum absolute atomic E-state index is 10.6. The molecule has 2 N–H and O–H groups in total. The number of benzene rings is 1. The third kappa shape index (κ3) is 1.95. The molecule has 14 heavy (non-hydrogen) atoms. The van der Waals surface area contributed by atoms with Crippen molar-refractivity contribution in [2.24, 2.45) is 0 Å². The molecule has 0 aromatic heterocycles. The van der Waals surface area contributed by atoms with E-state index in [1.807, 2.05) is 24.3 Å². The Morgan fingerprint density at radius 1 is 1.50 bits per heavy atom. The summed E-state index contributed by atoms with van der Waals surface area (Å²) in [5, 5.41) is 0. The van der Waals surface area contributed by atoms with Gasteiger partial charge in [0.1, 0.15) is 5.75 Å². The molecule has 5 heteroatoms. The van der Waals surface area contributed by atoms with Gasteiger partial charge in [0.15, 0.2) is 0 Å². The van der Waals surface area contributed by atoms with Crippen LogP contribution in [0.5, 0.6) is 5.75 Å². The van der Waals surface area contributed by atoms with E-state index < -0.39 is 11.3 Å². The molecule has 1 aliphatic heterocycles. The minimum Gasteiger partial charge on any atom is -0.493 e. The molecule has 1 aromatic rings. The van der Waals surface area contributed by atoms with E-state index in [2.05, 4.69) is 4.72 Å². The van der Waals surface area contributed by atoms with Crippen LogP contribution in [0.2, 0.25) is 0 Å². The number of ether oxygens (including phenoxy) is 1. The highest BCUT2D eigenvalue weighted by Crippen LogP contribution is 2.31. The van der Waals surface area contributed by atoms with E-state index >= 15 is 0 Å². The van der Waals surface area contributed by atoms with Crippen LogP contribution in [0.1, 0.15) is 18.0 Å². The second-order valence-electron chi connectivity index (χ2n) is 3.09. The molecule has 1 aliphatic rings. The van der Waals surface area contributed by atoms with Gasteiger partial charge in [-0.1, -0.05) is 18.2 Å². The standard InChI is InChI=1S/C9H11NO3S/c11-14(12)10-8-5-6-13-9-4-2-1-3-7(8)9/h1-4,8,10H,5-6H2,(H,11,12). The molecule has 0 spiro atoms. The van der Waals surface area contributed by atoms with E-state index in [0.29, 0.717) is 13.0 Å². The van der Waals surface area contributed by atoms with Crippen LogP contribution < -0.4 is 9.46 Å². The van der Waals surface area contributed by atoms with Gasteiger partial charge in [0.2, 0.25) is 11.3 Å². The molecule has 0 saturated heterocycles. The van der Waals surface area contributed by atoms with Crippen LogP contribution >= 0.6 is 0 Å². The van der Waals surface area contributed by atoms with Crippen LogP contribution in [0.4, 0.5) is 0 Å². The molecule has 0 fully saturated rings. The second kappa shape index (κ2) is 4.08. The van der Waals surface area contributed by atoms with Crippen LogP contribution in [0.15, 0.2) is 24.3 Å². The van der Waals surface area contributed by atoms with E-state index in [-0.39, 0.29) is 6.04 Å². The van der Waals surface area contributed by atoms with E-state index in [4.69, 9.17) is 9.29 Å². The molecule has 2 unspecified atom stereocenters. The van der Waals surface area contributed by atoms with Gasteiger partial charge in [0.25, 0.3) is 0 Å². The molecule has 0 amide bonds. The molecule has 76 valence electrons. The summed E-state index contributed by atoms with van der Waals surface area (Å²) in [6.07, 6.45) is 0.712. The van der Waals surface area contributed by atoms with Gasteiger partial charge in [-0.25, -0.2) is 8.93 Å². The molecule has 2 rings (SSSR count). The van der Waals surface area contributed by atoms with Crippen LogP contribution in [0.3, 0.4) is 0 Å². The smallest absolute Gasteiger partial charge is 0.232 e. The van der Waals surface area contributed by atoms with E-state index in [1.165, 1.54) is 0 Å². The molecule has 1 aromatic carbocycles. The Bertz CT molecular complexity index is 356. The maximum atomic E-state index is 10.6. The average Bonchev–Trinajstić information content (AvgIpc) is 2.18. The van der Waals surface area contributed by atoms with Crippen molar-refractivity contribution in [1.82, 2.24) is 4.72 Å². The number of hydrogen-bond acceptors (Lipinski definition) is 2. The van der Waals surface area contributed by atoms with Gasteiger partial charge in [-0.3, -0.25) is 4.55 Å². The summed E-state index contributed by atoms with van der Waals surface area (Å²) >= 11 is -1.98. The normalized spacial score (nSPS) is 22.2. The number of hydrogen-bond donors (Lipinski definition) is 2. The zero-order valence-electron chi connectivity index (χ0n) is 7.47. The number of rotatable bonds is 2.